The number of nitrogens with one attached hydrogen (secondary N) is 1. The van der Waals surface area contributed by atoms with E-state index in [9.17, 15) is 4.79 Å². The number of thiophene rings is 1. The van der Waals surface area contributed by atoms with Crippen LogP contribution in [0.2, 0.25) is 0 Å². The molecule has 2 aliphatic heterocycles. The van der Waals surface area contributed by atoms with E-state index < -0.39 is 0 Å². The SMILES string of the molecule is CN1Cc2ccccc2C[C@@H]1C(=O)NC1CCN(Cc2cccs2)CC1. The number of amides is 1. The number of nitrogens with zero attached hydrogens (tertiary/aromatic N) is 2. The summed E-state index contributed by atoms with van der Waals surface area (Å²) in [5.41, 5.74) is 2.66. The molecule has 2 aromatic rings. The van der Waals surface area contributed by atoms with Gasteiger partial charge >= 0.3 is 0 Å². The molecule has 5 heteroatoms. The Bertz CT molecular complexity index is 737. The van der Waals surface area contributed by atoms with Crippen molar-refractivity contribution in [3.8, 4) is 0 Å². The highest BCUT2D eigenvalue weighted by atomic mass is 32.1. The number of rotatable bonds is 4. The molecule has 1 aromatic heterocycles. The van der Waals surface area contributed by atoms with E-state index in [1.165, 1.54) is 16.0 Å². The lowest BCUT2D eigenvalue weighted by molar-refractivity contribution is -0.127. The van der Waals surface area contributed by atoms with Crippen molar-refractivity contribution in [2.75, 3.05) is 20.1 Å². The van der Waals surface area contributed by atoms with E-state index in [-0.39, 0.29) is 11.9 Å². The summed E-state index contributed by atoms with van der Waals surface area (Å²) in [5.74, 6) is 0.193. The van der Waals surface area contributed by atoms with Crippen molar-refractivity contribution >= 4 is 17.2 Å². The molecule has 1 amide bonds. The molecule has 138 valence electrons. The molecule has 1 atom stereocenters. The highest BCUT2D eigenvalue weighted by Crippen LogP contribution is 2.23. The number of hydrogen-bond acceptors (Lipinski definition) is 4. The smallest absolute Gasteiger partial charge is 0.237 e. The fraction of sp³-hybridized carbons (Fsp3) is 0.476. The Kier molecular flexibility index (Phi) is 5.38. The second-order valence-electron chi connectivity index (χ2n) is 7.54. The lowest BCUT2D eigenvalue weighted by atomic mass is 9.93. The predicted octanol–water partition coefficient (Wildman–Crippen LogP) is 2.89. The van der Waals surface area contributed by atoms with Crippen molar-refractivity contribution in [3.63, 3.8) is 0 Å². The topological polar surface area (TPSA) is 35.6 Å². The van der Waals surface area contributed by atoms with Crippen LogP contribution >= 0.6 is 11.3 Å². The van der Waals surface area contributed by atoms with Gasteiger partial charge in [0, 0.05) is 37.1 Å². The van der Waals surface area contributed by atoms with Gasteiger partial charge in [-0.25, -0.2) is 0 Å². The van der Waals surface area contributed by atoms with Crippen LogP contribution in [0.3, 0.4) is 0 Å². The maximum atomic E-state index is 12.9. The number of likely N-dealkylation sites (N-methyl/N-ethyl adjacent to an activating group) is 1. The van der Waals surface area contributed by atoms with Crippen molar-refractivity contribution in [3.05, 3.63) is 57.8 Å². The first-order valence-electron chi connectivity index (χ1n) is 9.51. The van der Waals surface area contributed by atoms with Gasteiger partial charge in [-0.2, -0.15) is 0 Å². The Morgan fingerprint density at radius 2 is 1.92 bits per heavy atom. The maximum Gasteiger partial charge on any atom is 0.237 e. The monoisotopic (exact) mass is 369 g/mol. The Morgan fingerprint density at radius 3 is 2.65 bits per heavy atom. The average Bonchev–Trinajstić information content (AvgIpc) is 3.16. The Balaban J connectivity index is 1.29. The number of fused-ring (bicyclic) bond motifs is 1. The third kappa shape index (κ3) is 4.00. The van der Waals surface area contributed by atoms with Crippen LogP contribution in [0.25, 0.3) is 0 Å². The molecular formula is C21H27N3OS. The third-order valence-corrected chi connectivity index (χ3v) is 6.54. The van der Waals surface area contributed by atoms with Gasteiger partial charge in [0.1, 0.15) is 0 Å². The van der Waals surface area contributed by atoms with Crippen LogP contribution in [0.15, 0.2) is 41.8 Å². The van der Waals surface area contributed by atoms with Crippen molar-refractivity contribution in [1.82, 2.24) is 15.1 Å². The molecule has 1 saturated heterocycles. The molecule has 0 unspecified atom stereocenters. The van der Waals surface area contributed by atoms with Gasteiger partial charge in [0.25, 0.3) is 0 Å². The molecule has 1 N–H and O–H groups in total. The zero-order chi connectivity index (χ0) is 17.9. The first-order chi connectivity index (χ1) is 12.7. The van der Waals surface area contributed by atoms with Crippen LogP contribution in [0, 0.1) is 0 Å². The van der Waals surface area contributed by atoms with Crippen LogP contribution in [-0.2, 0) is 24.3 Å². The summed E-state index contributed by atoms with van der Waals surface area (Å²) < 4.78 is 0. The summed E-state index contributed by atoms with van der Waals surface area (Å²) in [7, 11) is 2.06. The molecule has 2 aliphatic rings. The Morgan fingerprint density at radius 1 is 1.15 bits per heavy atom. The number of benzene rings is 1. The van der Waals surface area contributed by atoms with Crippen molar-refractivity contribution in [2.24, 2.45) is 0 Å². The summed E-state index contributed by atoms with van der Waals surface area (Å²) in [6.07, 6.45) is 2.91. The molecular weight excluding hydrogens is 342 g/mol. The average molecular weight is 370 g/mol. The predicted molar refractivity (Wildman–Crippen MR) is 106 cm³/mol. The van der Waals surface area contributed by atoms with Gasteiger partial charge in [0.05, 0.1) is 6.04 Å². The Hall–Kier alpha value is -1.69. The third-order valence-electron chi connectivity index (χ3n) is 5.68. The first kappa shape index (κ1) is 17.7. The van der Waals surface area contributed by atoms with Crippen LogP contribution in [0.5, 0.6) is 0 Å². The fourth-order valence-electron chi connectivity index (χ4n) is 4.10. The molecule has 4 rings (SSSR count). The molecule has 4 nitrogen and oxygen atoms in total. The van der Waals surface area contributed by atoms with Gasteiger partial charge < -0.3 is 5.32 Å². The normalized spacial score (nSPS) is 22.1. The van der Waals surface area contributed by atoms with Gasteiger partial charge in [-0.1, -0.05) is 30.3 Å². The van der Waals surface area contributed by atoms with Crippen LogP contribution in [0.4, 0.5) is 0 Å². The van der Waals surface area contributed by atoms with E-state index in [0.717, 1.165) is 45.4 Å². The molecule has 0 spiro atoms. The molecule has 1 fully saturated rings. The molecule has 0 radical (unpaired) electrons. The molecule has 1 aromatic carbocycles. The molecule has 3 heterocycles. The number of piperidine rings is 1. The van der Waals surface area contributed by atoms with E-state index >= 15 is 0 Å². The number of hydrogen-bond donors (Lipinski definition) is 1. The van der Waals surface area contributed by atoms with Crippen molar-refractivity contribution in [1.29, 1.82) is 0 Å². The van der Waals surface area contributed by atoms with Gasteiger partial charge in [0.15, 0.2) is 0 Å². The molecule has 0 saturated carbocycles. The summed E-state index contributed by atoms with van der Waals surface area (Å²) >= 11 is 1.82. The van der Waals surface area contributed by atoms with E-state index in [0.29, 0.717) is 6.04 Å². The molecule has 26 heavy (non-hydrogen) atoms. The molecule has 0 aliphatic carbocycles. The van der Waals surface area contributed by atoms with Gasteiger partial charge in [-0.15, -0.1) is 11.3 Å². The van der Waals surface area contributed by atoms with E-state index in [1.807, 2.05) is 11.3 Å². The van der Waals surface area contributed by atoms with Crippen LogP contribution < -0.4 is 5.32 Å². The minimum Gasteiger partial charge on any atom is -0.352 e. The lowest BCUT2D eigenvalue weighted by Gasteiger charge is -2.36. The summed E-state index contributed by atoms with van der Waals surface area (Å²) in [4.78, 5) is 19.0. The van der Waals surface area contributed by atoms with Gasteiger partial charge in [-0.05, 0) is 48.9 Å². The highest BCUT2D eigenvalue weighted by Gasteiger charge is 2.31. The maximum absolute atomic E-state index is 12.9. The number of carbonyl (C=O) groups excluding carboxylic acids is 1. The lowest BCUT2D eigenvalue weighted by Crippen LogP contribution is -2.53. The summed E-state index contributed by atoms with van der Waals surface area (Å²) in [6, 6.07) is 13.1. The zero-order valence-corrected chi connectivity index (χ0v) is 16.2. The second kappa shape index (κ2) is 7.91. The molecule has 0 bridgehead atoms. The first-order valence-corrected chi connectivity index (χ1v) is 10.4. The minimum absolute atomic E-state index is 0.0472. The highest BCUT2D eigenvalue weighted by molar-refractivity contribution is 7.09. The van der Waals surface area contributed by atoms with E-state index in [4.69, 9.17) is 0 Å². The summed E-state index contributed by atoms with van der Waals surface area (Å²) in [5, 5.41) is 5.46. The van der Waals surface area contributed by atoms with E-state index in [2.05, 4.69) is 63.9 Å². The number of likely N-dealkylation sites (tertiary alicyclic amines) is 1. The van der Waals surface area contributed by atoms with E-state index in [1.54, 1.807) is 0 Å². The largest absolute Gasteiger partial charge is 0.352 e. The zero-order valence-electron chi connectivity index (χ0n) is 15.4. The van der Waals surface area contributed by atoms with Crippen LogP contribution in [0.1, 0.15) is 28.8 Å². The minimum atomic E-state index is -0.0472. The van der Waals surface area contributed by atoms with Crippen LogP contribution in [-0.4, -0.2) is 47.9 Å². The van der Waals surface area contributed by atoms with Crippen molar-refractivity contribution in [2.45, 2.75) is 44.4 Å². The van der Waals surface area contributed by atoms with Gasteiger partial charge in [0.2, 0.25) is 5.91 Å². The van der Waals surface area contributed by atoms with Crippen molar-refractivity contribution < 1.29 is 4.79 Å². The second-order valence-corrected chi connectivity index (χ2v) is 8.57. The Labute approximate surface area is 159 Å². The standard InChI is InChI=1S/C21H27N3OS/c1-23-14-17-6-3-2-5-16(17)13-20(23)21(25)22-18-8-10-24(11-9-18)15-19-7-4-12-26-19/h2-7,12,18,20H,8-11,13-15H2,1H3,(H,22,25)/t20-/m1/s1. The summed E-state index contributed by atoms with van der Waals surface area (Å²) in [6.45, 7) is 4.02. The fourth-order valence-corrected chi connectivity index (χ4v) is 4.85. The quantitative estimate of drug-likeness (QED) is 0.900. The van der Waals surface area contributed by atoms with Gasteiger partial charge in [-0.3, -0.25) is 14.6 Å². The number of carbonyl (C=O) groups is 1.